The Hall–Kier alpha value is -2.24. The van der Waals surface area contributed by atoms with Crippen molar-refractivity contribution in [2.24, 2.45) is 0 Å². The van der Waals surface area contributed by atoms with Gasteiger partial charge in [-0.2, -0.15) is 4.31 Å². The van der Waals surface area contributed by atoms with Crippen molar-refractivity contribution in [3.05, 3.63) is 28.3 Å². The number of morpholine rings is 1. The third-order valence-electron chi connectivity index (χ3n) is 4.60. The number of ether oxygens (including phenoxy) is 1. The van der Waals surface area contributed by atoms with E-state index in [0.717, 1.165) is 6.07 Å². The molecule has 3 rings (SSSR count). The lowest BCUT2D eigenvalue weighted by Gasteiger charge is -2.27. The smallest absolute Gasteiger partial charge is 0.326 e. The number of benzene rings is 1. The highest BCUT2D eigenvalue weighted by Crippen LogP contribution is 2.36. The molecule has 2 aliphatic rings. The van der Waals surface area contributed by atoms with Gasteiger partial charge in [0.05, 0.1) is 23.0 Å². The van der Waals surface area contributed by atoms with Gasteiger partial charge in [0.2, 0.25) is 10.0 Å². The van der Waals surface area contributed by atoms with E-state index in [-0.39, 0.29) is 36.9 Å². The highest BCUT2D eigenvalue weighted by atomic mass is 32.2. The molecular formula is C15H19N3O7S. The first-order valence-electron chi connectivity index (χ1n) is 8.18. The number of nitro benzene ring substituents is 1. The standard InChI is InChI=1S/C15H19N3O7S/c19-15(20)13-2-1-5-17(13)12-4-3-11(10-14(12)18(21)22)26(23,24)16-6-8-25-9-7-16/h3-4,10,13H,1-2,5-9H2,(H,19,20)/t13-/m1/s1. The summed E-state index contributed by atoms with van der Waals surface area (Å²) in [6.07, 6.45) is 0.988. The van der Waals surface area contributed by atoms with Gasteiger partial charge in [0.1, 0.15) is 11.7 Å². The van der Waals surface area contributed by atoms with Crippen LogP contribution in [0.4, 0.5) is 11.4 Å². The molecule has 2 aliphatic heterocycles. The number of carboxylic acids is 1. The van der Waals surface area contributed by atoms with Gasteiger partial charge in [0.15, 0.2) is 0 Å². The number of hydrogen-bond donors (Lipinski definition) is 1. The summed E-state index contributed by atoms with van der Waals surface area (Å²) in [4.78, 5) is 23.5. The summed E-state index contributed by atoms with van der Waals surface area (Å²) in [6, 6.07) is 2.78. The Morgan fingerprint density at radius 1 is 1.27 bits per heavy atom. The number of anilines is 1. The lowest BCUT2D eigenvalue weighted by Crippen LogP contribution is -2.40. The zero-order valence-electron chi connectivity index (χ0n) is 13.9. The molecular weight excluding hydrogens is 366 g/mol. The number of carbonyl (C=O) groups is 1. The zero-order chi connectivity index (χ0) is 18.9. The largest absolute Gasteiger partial charge is 0.480 e. The van der Waals surface area contributed by atoms with Crippen LogP contribution in [0.3, 0.4) is 0 Å². The van der Waals surface area contributed by atoms with Crippen LogP contribution in [0.15, 0.2) is 23.1 Å². The van der Waals surface area contributed by atoms with E-state index in [1.165, 1.54) is 21.3 Å². The van der Waals surface area contributed by atoms with Crippen molar-refractivity contribution in [2.45, 2.75) is 23.8 Å². The maximum Gasteiger partial charge on any atom is 0.326 e. The number of hydrogen-bond acceptors (Lipinski definition) is 7. The molecule has 1 aromatic carbocycles. The van der Waals surface area contributed by atoms with Crippen LogP contribution in [-0.4, -0.2) is 67.6 Å². The van der Waals surface area contributed by atoms with Gasteiger partial charge in [-0.05, 0) is 25.0 Å². The molecule has 2 fully saturated rings. The Bertz CT molecular complexity index is 821. The fourth-order valence-electron chi connectivity index (χ4n) is 3.30. The second-order valence-electron chi connectivity index (χ2n) is 6.11. The normalized spacial score (nSPS) is 21.7. The van der Waals surface area contributed by atoms with Crippen LogP contribution in [0.25, 0.3) is 0 Å². The van der Waals surface area contributed by atoms with Gasteiger partial charge in [0, 0.05) is 25.7 Å². The third-order valence-corrected chi connectivity index (χ3v) is 6.49. The van der Waals surface area contributed by atoms with Gasteiger partial charge >= 0.3 is 5.97 Å². The average molecular weight is 385 g/mol. The summed E-state index contributed by atoms with van der Waals surface area (Å²) >= 11 is 0. The van der Waals surface area contributed by atoms with Crippen molar-refractivity contribution in [1.29, 1.82) is 0 Å². The molecule has 0 unspecified atom stereocenters. The van der Waals surface area contributed by atoms with Crippen molar-refractivity contribution in [1.82, 2.24) is 4.31 Å². The van der Waals surface area contributed by atoms with Crippen LogP contribution >= 0.6 is 0 Å². The number of nitrogens with zero attached hydrogens (tertiary/aromatic N) is 3. The number of rotatable bonds is 5. The number of aliphatic carboxylic acids is 1. The summed E-state index contributed by atoms with van der Waals surface area (Å²) < 4.78 is 31.8. The van der Waals surface area contributed by atoms with Crippen LogP contribution in [-0.2, 0) is 19.6 Å². The van der Waals surface area contributed by atoms with Gasteiger partial charge in [-0.3, -0.25) is 10.1 Å². The van der Waals surface area contributed by atoms with Crippen molar-refractivity contribution < 1.29 is 28.0 Å². The van der Waals surface area contributed by atoms with Crippen LogP contribution in [0.5, 0.6) is 0 Å². The van der Waals surface area contributed by atoms with E-state index >= 15 is 0 Å². The topological polar surface area (TPSA) is 130 Å². The molecule has 11 heteroatoms. The highest BCUT2D eigenvalue weighted by Gasteiger charge is 2.36. The Kier molecular flexibility index (Phi) is 5.12. The monoisotopic (exact) mass is 385 g/mol. The summed E-state index contributed by atoms with van der Waals surface area (Å²) in [5.41, 5.74) is -0.284. The fourth-order valence-corrected chi connectivity index (χ4v) is 4.73. The minimum absolute atomic E-state index is 0.126. The summed E-state index contributed by atoms with van der Waals surface area (Å²) in [7, 11) is -3.87. The molecule has 2 saturated heterocycles. The Morgan fingerprint density at radius 3 is 2.58 bits per heavy atom. The molecule has 0 bridgehead atoms. The molecule has 0 radical (unpaired) electrons. The molecule has 1 N–H and O–H groups in total. The Morgan fingerprint density at radius 2 is 1.96 bits per heavy atom. The molecule has 0 amide bonds. The maximum absolute atomic E-state index is 12.7. The van der Waals surface area contributed by atoms with E-state index in [1.807, 2.05) is 0 Å². The average Bonchev–Trinajstić information content (AvgIpc) is 3.11. The second kappa shape index (κ2) is 7.17. The maximum atomic E-state index is 12.7. The van der Waals surface area contributed by atoms with Gasteiger partial charge in [-0.15, -0.1) is 0 Å². The third kappa shape index (κ3) is 3.37. The summed E-state index contributed by atoms with van der Waals surface area (Å²) in [6.45, 7) is 1.28. The summed E-state index contributed by atoms with van der Waals surface area (Å²) in [5, 5.41) is 20.8. The van der Waals surface area contributed by atoms with E-state index in [1.54, 1.807) is 0 Å². The van der Waals surface area contributed by atoms with Crippen LogP contribution < -0.4 is 4.90 Å². The van der Waals surface area contributed by atoms with Gasteiger partial charge in [-0.25, -0.2) is 13.2 Å². The Labute approximate surface area is 150 Å². The van der Waals surface area contributed by atoms with Gasteiger partial charge < -0.3 is 14.7 Å². The molecule has 10 nitrogen and oxygen atoms in total. The fraction of sp³-hybridized carbons (Fsp3) is 0.533. The van der Waals surface area contributed by atoms with Crippen molar-refractivity contribution in [3.8, 4) is 0 Å². The quantitative estimate of drug-likeness (QED) is 0.578. The van der Waals surface area contributed by atoms with E-state index in [2.05, 4.69) is 0 Å². The molecule has 26 heavy (non-hydrogen) atoms. The first kappa shape index (κ1) is 18.5. The first-order chi connectivity index (χ1) is 12.3. The van der Waals surface area contributed by atoms with Crippen molar-refractivity contribution in [2.75, 3.05) is 37.7 Å². The van der Waals surface area contributed by atoms with Crippen LogP contribution in [0, 0.1) is 10.1 Å². The molecule has 0 spiro atoms. The number of nitro groups is 1. The minimum Gasteiger partial charge on any atom is -0.480 e. The molecule has 2 heterocycles. The zero-order valence-corrected chi connectivity index (χ0v) is 14.7. The van der Waals surface area contributed by atoms with E-state index in [0.29, 0.717) is 19.4 Å². The first-order valence-corrected chi connectivity index (χ1v) is 9.62. The molecule has 142 valence electrons. The lowest BCUT2D eigenvalue weighted by atomic mass is 10.2. The van der Waals surface area contributed by atoms with E-state index in [9.17, 15) is 28.4 Å². The molecule has 1 atom stereocenters. The number of carboxylic acid groups (broad SMARTS) is 1. The molecule has 0 aromatic heterocycles. The van der Waals surface area contributed by atoms with E-state index in [4.69, 9.17) is 4.74 Å². The van der Waals surface area contributed by atoms with Crippen molar-refractivity contribution in [3.63, 3.8) is 0 Å². The lowest BCUT2D eigenvalue weighted by molar-refractivity contribution is -0.384. The highest BCUT2D eigenvalue weighted by molar-refractivity contribution is 7.89. The predicted molar refractivity (Wildman–Crippen MR) is 90.7 cm³/mol. The second-order valence-corrected chi connectivity index (χ2v) is 8.05. The van der Waals surface area contributed by atoms with Gasteiger partial charge in [0.25, 0.3) is 5.69 Å². The summed E-state index contributed by atoms with van der Waals surface area (Å²) in [5.74, 6) is -1.05. The van der Waals surface area contributed by atoms with Gasteiger partial charge in [-0.1, -0.05) is 0 Å². The van der Waals surface area contributed by atoms with E-state index < -0.39 is 32.6 Å². The number of sulfonamides is 1. The Balaban J connectivity index is 2.00. The molecule has 1 aromatic rings. The van der Waals surface area contributed by atoms with Crippen LogP contribution in [0.1, 0.15) is 12.8 Å². The molecule has 0 aliphatic carbocycles. The molecule has 0 saturated carbocycles. The SMILES string of the molecule is O=C(O)[C@H]1CCCN1c1ccc(S(=O)(=O)N2CCOCC2)cc1[N+](=O)[O-]. The predicted octanol–water partition coefficient (Wildman–Crippen LogP) is 0.669. The minimum atomic E-state index is -3.87. The van der Waals surface area contributed by atoms with Crippen molar-refractivity contribution >= 4 is 27.4 Å². The van der Waals surface area contributed by atoms with Crippen LogP contribution in [0.2, 0.25) is 0 Å².